The van der Waals surface area contributed by atoms with Crippen LogP contribution in [0, 0.1) is 0 Å². The maximum Gasteiger partial charge on any atom is 0.304 e. The Morgan fingerprint density at radius 2 is 2.11 bits per heavy atom. The van der Waals surface area contributed by atoms with Gasteiger partial charge >= 0.3 is 5.97 Å². The van der Waals surface area contributed by atoms with E-state index in [1.165, 1.54) is 20.4 Å². The molecule has 0 aliphatic rings. The van der Waals surface area contributed by atoms with E-state index in [1.54, 1.807) is 0 Å². The lowest BCUT2D eigenvalue weighted by Gasteiger charge is -2.23. The van der Waals surface area contributed by atoms with Crippen molar-refractivity contribution in [3.63, 3.8) is 0 Å². The minimum absolute atomic E-state index is 0.0414. The molecule has 1 aromatic heterocycles. The van der Waals surface area contributed by atoms with Gasteiger partial charge in [-0.2, -0.15) is 22.1 Å². The Labute approximate surface area is 105 Å². The van der Waals surface area contributed by atoms with Gasteiger partial charge in [-0.1, -0.05) is 0 Å². The zero-order valence-electron chi connectivity index (χ0n) is 10.1. The first kappa shape index (κ1) is 14.5. The van der Waals surface area contributed by atoms with Gasteiger partial charge < -0.3 is 5.11 Å². The van der Waals surface area contributed by atoms with E-state index < -0.39 is 16.2 Å². The summed E-state index contributed by atoms with van der Waals surface area (Å²) in [5.41, 5.74) is 0. The molecule has 0 fully saturated rings. The minimum Gasteiger partial charge on any atom is -0.481 e. The summed E-state index contributed by atoms with van der Waals surface area (Å²) in [7, 11) is -0.983. The van der Waals surface area contributed by atoms with Crippen LogP contribution in [0.1, 0.15) is 12.2 Å². The van der Waals surface area contributed by atoms with Crippen LogP contribution in [0.25, 0.3) is 0 Å². The predicted octanol–water partition coefficient (Wildman–Crippen LogP) is -1.11. The molecule has 1 rings (SSSR count). The highest BCUT2D eigenvalue weighted by atomic mass is 32.2. The molecule has 0 aliphatic heterocycles. The number of aromatic nitrogens is 3. The van der Waals surface area contributed by atoms with Crippen molar-refractivity contribution in [2.75, 3.05) is 20.6 Å². The van der Waals surface area contributed by atoms with Crippen LogP contribution in [0.5, 0.6) is 0 Å². The normalized spacial score (nSPS) is 12.2. The molecule has 1 aromatic rings. The molecular weight excluding hydrogens is 262 g/mol. The molecule has 10 heteroatoms. The van der Waals surface area contributed by atoms with Crippen molar-refractivity contribution in [2.24, 2.45) is 0 Å². The lowest BCUT2D eigenvalue weighted by Crippen LogP contribution is -2.40. The summed E-state index contributed by atoms with van der Waals surface area (Å²) in [6.45, 7) is -0.0435. The molecule has 0 radical (unpaired) electrons. The summed E-state index contributed by atoms with van der Waals surface area (Å²) >= 11 is 0. The number of hydrogen-bond donors (Lipinski definition) is 2. The highest BCUT2D eigenvalue weighted by Crippen LogP contribution is 2.07. The largest absolute Gasteiger partial charge is 0.481 e. The average Bonchev–Trinajstić information content (AvgIpc) is 2.78. The van der Waals surface area contributed by atoms with Crippen LogP contribution in [0.4, 0.5) is 0 Å². The monoisotopic (exact) mass is 277 g/mol. The van der Waals surface area contributed by atoms with Crippen molar-refractivity contribution in [1.82, 2.24) is 23.8 Å². The second kappa shape index (κ2) is 5.89. The number of carboxylic acid groups (broad SMARTS) is 1. The average molecular weight is 277 g/mol. The molecule has 0 saturated heterocycles. The molecule has 102 valence electrons. The third-order valence-corrected chi connectivity index (χ3v) is 4.15. The van der Waals surface area contributed by atoms with E-state index in [9.17, 15) is 13.2 Å². The van der Waals surface area contributed by atoms with Gasteiger partial charge in [0, 0.05) is 20.6 Å². The second-order valence-electron chi connectivity index (χ2n) is 3.66. The van der Waals surface area contributed by atoms with E-state index in [0.717, 1.165) is 8.61 Å². The van der Waals surface area contributed by atoms with Crippen molar-refractivity contribution < 1.29 is 18.3 Å². The molecule has 9 nitrogen and oxygen atoms in total. The maximum atomic E-state index is 12.0. The summed E-state index contributed by atoms with van der Waals surface area (Å²) in [6, 6.07) is 0. The van der Waals surface area contributed by atoms with E-state index in [1.807, 2.05) is 0 Å². The van der Waals surface area contributed by atoms with E-state index in [4.69, 9.17) is 5.11 Å². The maximum absolute atomic E-state index is 12.0. The standard InChI is InChI=1S/C8H15N5O4S/c1-12(4-3-8(14)15)18(16,17)13(2)5-7-9-6-10-11-7/h6H,3-5H2,1-2H3,(H,14,15)(H,9,10,11). The number of aromatic amines is 1. The fourth-order valence-electron chi connectivity index (χ4n) is 1.21. The van der Waals surface area contributed by atoms with Crippen molar-refractivity contribution in [3.8, 4) is 0 Å². The van der Waals surface area contributed by atoms with Gasteiger partial charge in [-0.25, -0.2) is 4.98 Å². The molecule has 2 N–H and O–H groups in total. The molecule has 0 bridgehead atoms. The minimum atomic E-state index is -3.70. The first-order valence-corrected chi connectivity index (χ1v) is 6.47. The predicted molar refractivity (Wildman–Crippen MR) is 61.7 cm³/mol. The number of carbonyl (C=O) groups is 1. The lowest BCUT2D eigenvalue weighted by molar-refractivity contribution is -0.137. The Kier molecular flexibility index (Phi) is 4.76. The second-order valence-corrected chi connectivity index (χ2v) is 5.80. The quantitative estimate of drug-likeness (QED) is 0.652. The Balaban J connectivity index is 2.64. The number of aliphatic carboxylic acids is 1. The summed E-state index contributed by atoms with van der Waals surface area (Å²) in [5, 5.41) is 14.7. The Morgan fingerprint density at radius 1 is 1.44 bits per heavy atom. The van der Waals surface area contributed by atoms with Gasteiger partial charge in [-0.05, 0) is 0 Å². The number of rotatable bonds is 7. The Morgan fingerprint density at radius 3 is 2.61 bits per heavy atom. The molecule has 0 saturated carbocycles. The lowest BCUT2D eigenvalue weighted by atomic mass is 10.4. The van der Waals surface area contributed by atoms with Crippen LogP contribution in [-0.4, -0.2) is 63.9 Å². The van der Waals surface area contributed by atoms with Crippen molar-refractivity contribution in [2.45, 2.75) is 13.0 Å². The number of nitrogens with zero attached hydrogens (tertiary/aromatic N) is 4. The molecule has 0 unspecified atom stereocenters. The van der Waals surface area contributed by atoms with Gasteiger partial charge in [0.05, 0.1) is 13.0 Å². The van der Waals surface area contributed by atoms with Gasteiger partial charge in [0.1, 0.15) is 12.2 Å². The molecule has 0 atom stereocenters. The van der Waals surface area contributed by atoms with Crippen LogP contribution < -0.4 is 0 Å². The summed E-state index contributed by atoms with van der Waals surface area (Å²) in [5.74, 6) is -0.636. The fourth-order valence-corrected chi connectivity index (χ4v) is 2.29. The fraction of sp³-hybridized carbons (Fsp3) is 0.625. The molecular formula is C8H15N5O4S. The van der Waals surface area contributed by atoms with Crippen LogP contribution in [-0.2, 0) is 21.5 Å². The summed E-state index contributed by atoms with van der Waals surface area (Å²) in [6.07, 6.45) is 1.04. The van der Waals surface area contributed by atoms with Crippen molar-refractivity contribution in [3.05, 3.63) is 12.2 Å². The van der Waals surface area contributed by atoms with E-state index in [2.05, 4.69) is 15.2 Å². The third-order valence-electron chi connectivity index (χ3n) is 2.27. The van der Waals surface area contributed by atoms with E-state index in [-0.39, 0.29) is 19.5 Å². The summed E-state index contributed by atoms with van der Waals surface area (Å²) < 4.78 is 26.0. The van der Waals surface area contributed by atoms with Crippen molar-refractivity contribution >= 4 is 16.2 Å². The SMILES string of the molecule is CN(CCC(=O)O)S(=O)(=O)N(C)Cc1ncn[nH]1. The topological polar surface area (TPSA) is 119 Å². The Bertz CT molecular complexity index is 486. The number of hydrogen-bond acceptors (Lipinski definition) is 5. The third kappa shape index (κ3) is 3.75. The van der Waals surface area contributed by atoms with Crippen LogP contribution >= 0.6 is 0 Å². The first-order valence-electron chi connectivity index (χ1n) is 5.07. The number of carboxylic acids is 1. The van der Waals surface area contributed by atoms with Crippen LogP contribution in [0.3, 0.4) is 0 Å². The van der Waals surface area contributed by atoms with Gasteiger partial charge in [0.2, 0.25) is 0 Å². The van der Waals surface area contributed by atoms with Gasteiger partial charge in [-0.15, -0.1) is 0 Å². The van der Waals surface area contributed by atoms with Gasteiger partial charge in [0.25, 0.3) is 10.2 Å². The highest BCUT2D eigenvalue weighted by molar-refractivity contribution is 7.86. The van der Waals surface area contributed by atoms with E-state index >= 15 is 0 Å². The van der Waals surface area contributed by atoms with Crippen molar-refractivity contribution in [1.29, 1.82) is 0 Å². The smallest absolute Gasteiger partial charge is 0.304 e. The highest BCUT2D eigenvalue weighted by Gasteiger charge is 2.24. The van der Waals surface area contributed by atoms with Crippen LogP contribution in [0.15, 0.2) is 6.33 Å². The number of nitrogens with one attached hydrogen (secondary N) is 1. The zero-order chi connectivity index (χ0) is 13.8. The van der Waals surface area contributed by atoms with Gasteiger partial charge in [-0.3, -0.25) is 9.89 Å². The molecule has 0 spiro atoms. The van der Waals surface area contributed by atoms with Gasteiger partial charge in [0.15, 0.2) is 0 Å². The molecule has 1 heterocycles. The van der Waals surface area contributed by atoms with E-state index in [0.29, 0.717) is 5.82 Å². The molecule has 0 amide bonds. The molecule has 0 aliphatic carbocycles. The molecule has 18 heavy (non-hydrogen) atoms. The Hall–Kier alpha value is -1.52. The molecule has 0 aromatic carbocycles. The summed E-state index contributed by atoms with van der Waals surface area (Å²) in [4.78, 5) is 14.2. The van der Waals surface area contributed by atoms with Crippen LogP contribution in [0.2, 0.25) is 0 Å². The first-order chi connectivity index (χ1) is 8.34. The number of H-pyrrole nitrogens is 1. The zero-order valence-corrected chi connectivity index (χ0v) is 10.9.